The summed E-state index contributed by atoms with van der Waals surface area (Å²) < 4.78 is 5.70. The van der Waals surface area contributed by atoms with Gasteiger partial charge in [-0.05, 0) is 13.0 Å². The second-order valence-electron chi connectivity index (χ2n) is 3.91. The molecule has 17 heavy (non-hydrogen) atoms. The summed E-state index contributed by atoms with van der Waals surface area (Å²) in [5.74, 6) is 0. The smallest absolute Gasteiger partial charge is 0.295 e. The molecule has 0 aliphatic heterocycles. The molecular weight excluding hydrogens is 214 g/mol. The summed E-state index contributed by atoms with van der Waals surface area (Å²) in [5, 5.41) is 5.06. The maximum Gasteiger partial charge on any atom is 0.295 e. The van der Waals surface area contributed by atoms with Crippen LogP contribution in [0.25, 0.3) is 21.9 Å². The Bertz CT molecular complexity index is 688. The maximum absolute atomic E-state index is 6.00. The number of benzene rings is 2. The van der Waals surface area contributed by atoms with E-state index in [0.717, 1.165) is 34.1 Å². The monoisotopic (exact) mass is 227 g/mol. The predicted molar refractivity (Wildman–Crippen MR) is 70.1 cm³/mol. The Hall–Kier alpha value is -2.23. The Morgan fingerprint density at radius 3 is 2.82 bits per heavy atom. The highest BCUT2D eigenvalue weighted by Crippen LogP contribution is 2.31. The lowest BCUT2D eigenvalue weighted by molar-refractivity contribution is 0.619. The van der Waals surface area contributed by atoms with E-state index in [0.29, 0.717) is 6.01 Å². The van der Waals surface area contributed by atoms with Crippen molar-refractivity contribution in [1.82, 2.24) is 4.98 Å². The standard InChI is InChI=1S/C13H13N3O/c1-2-15-13-16-11-7-10(14)8-5-3-4-6-9(8)12(11)17-13/h3-7H,2,14H2,1H3,(H,15,16). The number of nitrogens with two attached hydrogens (primary N) is 1. The minimum atomic E-state index is 0.540. The first-order valence-corrected chi connectivity index (χ1v) is 5.61. The van der Waals surface area contributed by atoms with Gasteiger partial charge in [-0.15, -0.1) is 0 Å². The van der Waals surface area contributed by atoms with E-state index in [9.17, 15) is 0 Å². The lowest BCUT2D eigenvalue weighted by Crippen LogP contribution is -1.95. The van der Waals surface area contributed by atoms with Crippen molar-refractivity contribution in [3.63, 3.8) is 0 Å². The highest BCUT2D eigenvalue weighted by molar-refractivity contribution is 6.09. The third-order valence-electron chi connectivity index (χ3n) is 2.76. The van der Waals surface area contributed by atoms with Crippen LogP contribution in [0.4, 0.5) is 11.7 Å². The van der Waals surface area contributed by atoms with Gasteiger partial charge in [-0.3, -0.25) is 0 Å². The Kier molecular flexibility index (Phi) is 2.14. The molecular formula is C13H13N3O. The number of hydrogen-bond acceptors (Lipinski definition) is 4. The quantitative estimate of drug-likeness (QED) is 0.660. The molecule has 0 unspecified atom stereocenters. The molecule has 0 radical (unpaired) electrons. The molecule has 0 aliphatic carbocycles. The fourth-order valence-electron chi connectivity index (χ4n) is 2.01. The molecule has 0 bridgehead atoms. The van der Waals surface area contributed by atoms with Gasteiger partial charge in [0.15, 0.2) is 5.58 Å². The van der Waals surface area contributed by atoms with Gasteiger partial charge in [-0.2, -0.15) is 4.98 Å². The van der Waals surface area contributed by atoms with Crippen LogP contribution in [0.1, 0.15) is 6.92 Å². The van der Waals surface area contributed by atoms with Gasteiger partial charge in [0, 0.05) is 23.0 Å². The van der Waals surface area contributed by atoms with E-state index in [4.69, 9.17) is 10.2 Å². The summed E-state index contributed by atoms with van der Waals surface area (Å²) in [7, 11) is 0. The summed E-state index contributed by atoms with van der Waals surface area (Å²) in [4.78, 5) is 4.36. The van der Waals surface area contributed by atoms with E-state index in [1.54, 1.807) is 0 Å². The highest BCUT2D eigenvalue weighted by Gasteiger charge is 2.10. The average Bonchev–Trinajstić information content (AvgIpc) is 2.73. The molecule has 86 valence electrons. The van der Waals surface area contributed by atoms with Gasteiger partial charge in [-0.1, -0.05) is 24.3 Å². The average molecular weight is 227 g/mol. The molecule has 0 saturated carbocycles. The minimum absolute atomic E-state index is 0.540. The van der Waals surface area contributed by atoms with Crippen molar-refractivity contribution in [1.29, 1.82) is 0 Å². The van der Waals surface area contributed by atoms with Crippen LogP contribution in [0.15, 0.2) is 34.7 Å². The lowest BCUT2D eigenvalue weighted by Gasteiger charge is -2.00. The summed E-state index contributed by atoms with van der Waals surface area (Å²) in [6.07, 6.45) is 0. The molecule has 0 amide bonds. The SMILES string of the molecule is CCNc1nc2cc(N)c3ccccc3c2o1. The summed E-state index contributed by atoms with van der Waals surface area (Å²) in [6, 6.07) is 10.3. The first-order valence-electron chi connectivity index (χ1n) is 5.61. The van der Waals surface area contributed by atoms with Gasteiger partial charge in [-0.25, -0.2) is 0 Å². The number of aromatic nitrogens is 1. The largest absolute Gasteiger partial charge is 0.423 e. The Balaban J connectivity index is 2.38. The minimum Gasteiger partial charge on any atom is -0.423 e. The number of fused-ring (bicyclic) bond motifs is 3. The van der Waals surface area contributed by atoms with E-state index in [2.05, 4.69) is 10.3 Å². The second kappa shape index (κ2) is 3.66. The fourth-order valence-corrected chi connectivity index (χ4v) is 2.01. The van der Waals surface area contributed by atoms with Gasteiger partial charge < -0.3 is 15.5 Å². The first kappa shape index (κ1) is 9.96. The van der Waals surface area contributed by atoms with E-state index in [1.807, 2.05) is 37.3 Å². The van der Waals surface area contributed by atoms with Gasteiger partial charge in [0.25, 0.3) is 6.01 Å². The van der Waals surface area contributed by atoms with Crippen molar-refractivity contribution in [3.8, 4) is 0 Å². The predicted octanol–water partition coefficient (Wildman–Crippen LogP) is 3.00. The molecule has 3 rings (SSSR count). The molecule has 0 aliphatic rings. The topological polar surface area (TPSA) is 64.1 Å². The zero-order chi connectivity index (χ0) is 11.8. The highest BCUT2D eigenvalue weighted by atomic mass is 16.4. The van der Waals surface area contributed by atoms with E-state index >= 15 is 0 Å². The summed E-state index contributed by atoms with van der Waals surface area (Å²) in [6.45, 7) is 2.78. The normalized spacial score (nSPS) is 11.1. The molecule has 3 aromatic rings. The summed E-state index contributed by atoms with van der Waals surface area (Å²) >= 11 is 0. The van der Waals surface area contributed by atoms with Crippen LogP contribution in [0.2, 0.25) is 0 Å². The van der Waals surface area contributed by atoms with Crippen molar-refractivity contribution in [3.05, 3.63) is 30.3 Å². The Labute approximate surface area is 98.4 Å². The zero-order valence-corrected chi connectivity index (χ0v) is 9.53. The van der Waals surface area contributed by atoms with Gasteiger partial charge in [0.1, 0.15) is 5.52 Å². The molecule has 1 heterocycles. The number of rotatable bonds is 2. The molecule has 1 aromatic heterocycles. The molecule has 0 saturated heterocycles. The number of nitrogen functional groups attached to an aromatic ring is 1. The maximum atomic E-state index is 6.00. The molecule has 2 aromatic carbocycles. The van der Waals surface area contributed by atoms with Crippen LogP contribution in [0, 0.1) is 0 Å². The van der Waals surface area contributed by atoms with Crippen molar-refractivity contribution in [2.45, 2.75) is 6.92 Å². The van der Waals surface area contributed by atoms with Gasteiger partial charge >= 0.3 is 0 Å². The first-order chi connectivity index (χ1) is 8.29. The third-order valence-corrected chi connectivity index (χ3v) is 2.76. The van der Waals surface area contributed by atoms with Crippen LogP contribution in [0.5, 0.6) is 0 Å². The van der Waals surface area contributed by atoms with Crippen LogP contribution in [0.3, 0.4) is 0 Å². The number of hydrogen-bond donors (Lipinski definition) is 2. The lowest BCUT2D eigenvalue weighted by atomic mass is 10.1. The van der Waals surface area contributed by atoms with Crippen molar-refractivity contribution in [2.24, 2.45) is 0 Å². The number of oxazole rings is 1. The fraction of sp³-hybridized carbons (Fsp3) is 0.154. The van der Waals surface area contributed by atoms with Crippen LogP contribution >= 0.6 is 0 Å². The molecule has 0 spiro atoms. The zero-order valence-electron chi connectivity index (χ0n) is 9.53. The molecule has 4 nitrogen and oxygen atoms in total. The number of nitrogens with one attached hydrogen (secondary N) is 1. The van der Waals surface area contributed by atoms with E-state index in [1.165, 1.54) is 0 Å². The molecule has 0 atom stereocenters. The van der Waals surface area contributed by atoms with Crippen LogP contribution in [-0.2, 0) is 0 Å². The Morgan fingerprint density at radius 1 is 1.29 bits per heavy atom. The van der Waals surface area contributed by atoms with Gasteiger partial charge in [0.05, 0.1) is 0 Å². The third kappa shape index (κ3) is 1.49. The second-order valence-corrected chi connectivity index (χ2v) is 3.91. The van der Waals surface area contributed by atoms with Crippen LogP contribution in [-0.4, -0.2) is 11.5 Å². The number of anilines is 2. The number of nitrogens with zero attached hydrogens (tertiary/aromatic N) is 1. The Morgan fingerprint density at radius 2 is 2.06 bits per heavy atom. The van der Waals surface area contributed by atoms with Crippen molar-refractivity contribution < 1.29 is 4.42 Å². The molecule has 0 fully saturated rings. The van der Waals surface area contributed by atoms with Crippen molar-refractivity contribution >= 4 is 33.6 Å². The summed E-state index contributed by atoms with van der Waals surface area (Å²) in [5.41, 5.74) is 8.30. The van der Waals surface area contributed by atoms with Crippen LogP contribution < -0.4 is 11.1 Å². The van der Waals surface area contributed by atoms with Gasteiger partial charge in [0.2, 0.25) is 0 Å². The molecule has 4 heteroatoms. The van der Waals surface area contributed by atoms with Crippen molar-refractivity contribution in [2.75, 3.05) is 17.6 Å². The van der Waals surface area contributed by atoms with E-state index in [-0.39, 0.29) is 0 Å². The molecule has 3 N–H and O–H groups in total. The van der Waals surface area contributed by atoms with E-state index < -0.39 is 0 Å².